The summed E-state index contributed by atoms with van der Waals surface area (Å²) in [7, 11) is 0. The second kappa shape index (κ2) is 3.93. The molecule has 2 aliphatic rings. The molecule has 13 heavy (non-hydrogen) atoms. The molecule has 0 amide bonds. The Kier molecular flexibility index (Phi) is 2.84. The first kappa shape index (κ1) is 9.41. The summed E-state index contributed by atoms with van der Waals surface area (Å²) in [4.78, 5) is 2.28. The van der Waals surface area contributed by atoms with Gasteiger partial charge in [-0.1, -0.05) is 0 Å². The van der Waals surface area contributed by atoms with Crippen LogP contribution in [-0.2, 0) is 0 Å². The Morgan fingerprint density at radius 2 is 2.31 bits per heavy atom. The van der Waals surface area contributed by atoms with E-state index < -0.39 is 6.17 Å². The minimum atomic E-state index is -0.565. The van der Waals surface area contributed by atoms with Crippen molar-refractivity contribution in [1.29, 1.82) is 0 Å². The van der Waals surface area contributed by atoms with Crippen molar-refractivity contribution in [3.8, 4) is 0 Å². The molecule has 0 aromatic heterocycles. The molecule has 2 nitrogen and oxygen atoms in total. The molecule has 0 aromatic carbocycles. The average molecular weight is 186 g/mol. The van der Waals surface area contributed by atoms with Crippen molar-refractivity contribution < 1.29 is 4.39 Å². The number of hydrogen-bond acceptors (Lipinski definition) is 2. The third-order valence-electron chi connectivity index (χ3n) is 3.40. The van der Waals surface area contributed by atoms with Crippen molar-refractivity contribution in [1.82, 2.24) is 10.2 Å². The van der Waals surface area contributed by atoms with E-state index >= 15 is 0 Å². The molecular formula is C10H19FN2. The molecule has 0 aromatic rings. The third kappa shape index (κ3) is 2.20. The van der Waals surface area contributed by atoms with Gasteiger partial charge in [0.25, 0.3) is 0 Å². The largest absolute Gasteiger partial charge is 0.314 e. The van der Waals surface area contributed by atoms with Gasteiger partial charge < -0.3 is 10.2 Å². The highest BCUT2D eigenvalue weighted by Crippen LogP contribution is 2.20. The highest BCUT2D eigenvalue weighted by Gasteiger charge is 2.28. The van der Waals surface area contributed by atoms with Crippen LogP contribution in [0, 0.1) is 5.92 Å². The van der Waals surface area contributed by atoms with E-state index in [0.717, 1.165) is 32.0 Å². The molecule has 2 fully saturated rings. The summed E-state index contributed by atoms with van der Waals surface area (Å²) in [6.45, 7) is 6.10. The van der Waals surface area contributed by atoms with Crippen molar-refractivity contribution in [2.45, 2.75) is 32.0 Å². The summed E-state index contributed by atoms with van der Waals surface area (Å²) in [6.07, 6.45) is 1.44. The van der Waals surface area contributed by atoms with Crippen LogP contribution >= 0.6 is 0 Å². The van der Waals surface area contributed by atoms with Crippen molar-refractivity contribution in [2.24, 2.45) is 5.92 Å². The zero-order valence-corrected chi connectivity index (χ0v) is 8.30. The van der Waals surface area contributed by atoms with Gasteiger partial charge in [-0.25, -0.2) is 4.39 Å². The number of likely N-dealkylation sites (tertiary alicyclic amines) is 1. The molecular weight excluding hydrogens is 167 g/mol. The smallest absolute Gasteiger partial charge is 0.114 e. The predicted molar refractivity (Wildman–Crippen MR) is 51.5 cm³/mol. The molecule has 3 atom stereocenters. The van der Waals surface area contributed by atoms with Crippen LogP contribution in [0.3, 0.4) is 0 Å². The van der Waals surface area contributed by atoms with Crippen molar-refractivity contribution >= 4 is 0 Å². The normalized spacial score (nSPS) is 41.5. The van der Waals surface area contributed by atoms with E-state index in [0.29, 0.717) is 12.6 Å². The number of hydrogen-bond donors (Lipinski definition) is 1. The number of nitrogens with zero attached hydrogens (tertiary/aromatic N) is 1. The number of nitrogens with one attached hydrogen (secondary N) is 1. The molecule has 0 radical (unpaired) electrons. The Morgan fingerprint density at radius 3 is 2.85 bits per heavy atom. The van der Waals surface area contributed by atoms with Gasteiger partial charge in [0.05, 0.1) is 0 Å². The Labute approximate surface area is 79.5 Å². The van der Waals surface area contributed by atoms with E-state index in [2.05, 4.69) is 17.1 Å². The fourth-order valence-electron chi connectivity index (χ4n) is 2.45. The number of halogens is 1. The molecule has 3 heteroatoms. The van der Waals surface area contributed by atoms with Gasteiger partial charge in [0.1, 0.15) is 6.17 Å². The molecule has 2 heterocycles. The standard InChI is InChI=1S/C10H19FN2/c1-8-9(2-4-12-8)6-13-5-3-10(11)7-13/h8-10,12H,2-7H2,1H3. The highest BCUT2D eigenvalue weighted by atomic mass is 19.1. The lowest BCUT2D eigenvalue weighted by Crippen LogP contribution is -2.33. The number of rotatable bonds is 2. The molecule has 3 unspecified atom stereocenters. The van der Waals surface area contributed by atoms with Crippen LogP contribution in [0.25, 0.3) is 0 Å². The summed E-state index contributed by atoms with van der Waals surface area (Å²) in [5.74, 6) is 0.741. The van der Waals surface area contributed by atoms with Crippen LogP contribution in [0.15, 0.2) is 0 Å². The van der Waals surface area contributed by atoms with Crippen molar-refractivity contribution in [3.63, 3.8) is 0 Å². The van der Waals surface area contributed by atoms with E-state index in [-0.39, 0.29) is 0 Å². The van der Waals surface area contributed by atoms with E-state index in [4.69, 9.17) is 0 Å². The predicted octanol–water partition coefficient (Wildman–Crippen LogP) is 1.03. The number of alkyl halides is 1. The molecule has 0 spiro atoms. The van der Waals surface area contributed by atoms with Gasteiger partial charge in [0, 0.05) is 25.7 Å². The first-order chi connectivity index (χ1) is 6.25. The first-order valence-corrected chi connectivity index (χ1v) is 5.35. The van der Waals surface area contributed by atoms with Crippen molar-refractivity contribution in [3.05, 3.63) is 0 Å². The Hall–Kier alpha value is -0.150. The molecule has 0 bridgehead atoms. The Morgan fingerprint density at radius 1 is 1.46 bits per heavy atom. The molecule has 2 saturated heterocycles. The van der Waals surface area contributed by atoms with E-state index in [9.17, 15) is 4.39 Å². The van der Waals surface area contributed by atoms with Crippen LogP contribution in [0.1, 0.15) is 19.8 Å². The second-order valence-corrected chi connectivity index (χ2v) is 4.44. The maximum Gasteiger partial charge on any atom is 0.114 e. The van der Waals surface area contributed by atoms with Gasteiger partial charge in [-0.3, -0.25) is 0 Å². The summed E-state index contributed by atoms with van der Waals surface area (Å²) < 4.78 is 12.9. The summed E-state index contributed by atoms with van der Waals surface area (Å²) >= 11 is 0. The summed E-state index contributed by atoms with van der Waals surface area (Å²) in [5, 5.41) is 3.43. The van der Waals surface area contributed by atoms with Gasteiger partial charge in [0.2, 0.25) is 0 Å². The summed E-state index contributed by atoms with van der Waals surface area (Å²) in [6, 6.07) is 0.624. The van der Waals surface area contributed by atoms with E-state index in [1.165, 1.54) is 6.42 Å². The van der Waals surface area contributed by atoms with E-state index in [1.54, 1.807) is 0 Å². The van der Waals surface area contributed by atoms with Crippen LogP contribution in [0.5, 0.6) is 0 Å². The fraction of sp³-hybridized carbons (Fsp3) is 1.00. The lowest BCUT2D eigenvalue weighted by Gasteiger charge is -2.22. The molecule has 2 rings (SSSR count). The monoisotopic (exact) mass is 186 g/mol. The van der Waals surface area contributed by atoms with Gasteiger partial charge in [-0.15, -0.1) is 0 Å². The highest BCUT2D eigenvalue weighted by molar-refractivity contribution is 4.85. The van der Waals surface area contributed by atoms with Crippen LogP contribution in [0.4, 0.5) is 4.39 Å². The molecule has 0 saturated carbocycles. The maximum atomic E-state index is 12.9. The topological polar surface area (TPSA) is 15.3 Å². The van der Waals surface area contributed by atoms with E-state index in [1.807, 2.05) is 0 Å². The lowest BCUT2D eigenvalue weighted by molar-refractivity contribution is 0.244. The second-order valence-electron chi connectivity index (χ2n) is 4.44. The fourth-order valence-corrected chi connectivity index (χ4v) is 2.45. The van der Waals surface area contributed by atoms with Gasteiger partial charge in [-0.05, 0) is 32.2 Å². The third-order valence-corrected chi connectivity index (χ3v) is 3.40. The molecule has 1 N–H and O–H groups in total. The zero-order valence-electron chi connectivity index (χ0n) is 8.30. The molecule has 2 aliphatic heterocycles. The quantitative estimate of drug-likeness (QED) is 0.693. The average Bonchev–Trinajstić information content (AvgIpc) is 2.64. The van der Waals surface area contributed by atoms with Crippen LogP contribution < -0.4 is 5.32 Å². The van der Waals surface area contributed by atoms with Crippen LogP contribution in [-0.4, -0.2) is 43.3 Å². The lowest BCUT2D eigenvalue weighted by atomic mass is 10.0. The first-order valence-electron chi connectivity index (χ1n) is 5.35. The minimum Gasteiger partial charge on any atom is -0.314 e. The molecule has 76 valence electrons. The Balaban J connectivity index is 1.77. The van der Waals surface area contributed by atoms with Crippen LogP contribution in [0.2, 0.25) is 0 Å². The van der Waals surface area contributed by atoms with Crippen molar-refractivity contribution in [2.75, 3.05) is 26.2 Å². The van der Waals surface area contributed by atoms with Gasteiger partial charge in [-0.2, -0.15) is 0 Å². The Bertz CT molecular complexity index is 174. The zero-order chi connectivity index (χ0) is 9.26. The maximum absolute atomic E-state index is 12.9. The molecule has 0 aliphatic carbocycles. The minimum absolute atomic E-state index is 0.565. The SMILES string of the molecule is CC1NCCC1CN1CCC(F)C1. The van der Waals surface area contributed by atoms with Gasteiger partial charge >= 0.3 is 0 Å². The van der Waals surface area contributed by atoms with Gasteiger partial charge in [0.15, 0.2) is 0 Å². The summed E-state index contributed by atoms with van der Waals surface area (Å²) in [5.41, 5.74) is 0.